The molecule has 2 aliphatic rings. The normalized spacial score (nSPS) is 20.1. The Morgan fingerprint density at radius 1 is 1.00 bits per heavy atom. The number of hydrogen-bond donors (Lipinski definition) is 2. The van der Waals surface area contributed by atoms with Gasteiger partial charge in [-0.3, -0.25) is 0 Å². The molecule has 1 saturated heterocycles. The maximum atomic E-state index is 13.0. The van der Waals surface area contributed by atoms with Crippen LogP contribution >= 0.6 is 23.5 Å². The van der Waals surface area contributed by atoms with E-state index >= 15 is 0 Å². The van der Waals surface area contributed by atoms with E-state index in [1.165, 1.54) is 61.2 Å². The maximum absolute atomic E-state index is 13.0. The molecule has 1 aliphatic heterocycles. The lowest BCUT2D eigenvalue weighted by molar-refractivity contribution is 0.249. The van der Waals surface area contributed by atoms with Crippen molar-refractivity contribution in [2.45, 2.75) is 82.1 Å². The lowest BCUT2D eigenvalue weighted by atomic mass is 9.86. The summed E-state index contributed by atoms with van der Waals surface area (Å²) in [4.78, 5) is 13.0. The van der Waals surface area contributed by atoms with E-state index in [0.717, 1.165) is 18.2 Å². The predicted molar refractivity (Wildman–Crippen MR) is 130 cm³/mol. The van der Waals surface area contributed by atoms with E-state index in [4.69, 9.17) is 0 Å². The van der Waals surface area contributed by atoms with Crippen LogP contribution in [0.25, 0.3) is 0 Å². The second-order valence-corrected chi connectivity index (χ2v) is 12.2. The first-order valence-corrected chi connectivity index (χ1v) is 13.4. The van der Waals surface area contributed by atoms with E-state index in [-0.39, 0.29) is 10.1 Å². The summed E-state index contributed by atoms with van der Waals surface area (Å²) in [6, 6.07) is 6.34. The van der Waals surface area contributed by atoms with Crippen LogP contribution in [-0.2, 0) is 0 Å². The van der Waals surface area contributed by atoms with Gasteiger partial charge >= 0.3 is 6.03 Å². The fraction of sp³-hybridized carbons (Fsp3) is 0.708. The van der Waals surface area contributed by atoms with Crippen molar-refractivity contribution in [3.05, 3.63) is 29.3 Å². The smallest absolute Gasteiger partial charge is 0.319 e. The molecule has 5 heteroatoms. The molecule has 0 radical (unpaired) electrons. The summed E-state index contributed by atoms with van der Waals surface area (Å²) >= 11 is 4.20. The molecule has 1 heterocycles. The third-order valence-electron chi connectivity index (χ3n) is 6.32. The van der Waals surface area contributed by atoms with Crippen molar-refractivity contribution < 1.29 is 4.79 Å². The van der Waals surface area contributed by atoms with Crippen LogP contribution in [0.2, 0.25) is 0 Å². The maximum Gasteiger partial charge on any atom is 0.319 e. The minimum atomic E-state index is -0.0537. The number of carbonyl (C=O) groups is 1. The summed E-state index contributed by atoms with van der Waals surface area (Å²) in [5, 5.41) is 6.51. The highest BCUT2D eigenvalue weighted by atomic mass is 32.2. The minimum Gasteiger partial charge on any atom is -0.336 e. The Morgan fingerprint density at radius 2 is 1.59 bits per heavy atom. The molecule has 0 atom stereocenters. The Morgan fingerprint density at radius 3 is 2.14 bits per heavy atom. The second kappa shape index (κ2) is 10.5. The Kier molecular flexibility index (Phi) is 8.26. The molecular weight excluding hydrogens is 396 g/mol. The van der Waals surface area contributed by atoms with Crippen LogP contribution in [0.3, 0.4) is 0 Å². The summed E-state index contributed by atoms with van der Waals surface area (Å²) in [5.41, 5.74) is 3.44. The van der Waals surface area contributed by atoms with E-state index in [9.17, 15) is 4.79 Å². The number of para-hydroxylation sites is 1. The molecule has 1 saturated carbocycles. The average molecular weight is 435 g/mol. The monoisotopic (exact) mass is 434 g/mol. The van der Waals surface area contributed by atoms with Gasteiger partial charge in [0.1, 0.15) is 0 Å². The standard InChI is InChI=1S/C24H38N2OS2/c1-17(2)20-12-8-13-21(18(3)4)22(20)26-23(27)25-16-24(28-14-9-15-29-24)19-10-6-5-7-11-19/h8,12-13,17-19H,5-7,9-11,14-16H2,1-4H3,(H2,25,26,27). The fourth-order valence-corrected chi connectivity index (χ4v) is 8.25. The number of amides is 2. The van der Waals surface area contributed by atoms with Gasteiger partial charge in [0.25, 0.3) is 0 Å². The van der Waals surface area contributed by atoms with Crippen LogP contribution in [0.1, 0.15) is 89.2 Å². The number of hydrogen-bond acceptors (Lipinski definition) is 3. The molecule has 1 aromatic carbocycles. The highest BCUT2D eigenvalue weighted by Crippen LogP contribution is 2.51. The molecule has 2 amide bonds. The van der Waals surface area contributed by atoms with Gasteiger partial charge < -0.3 is 10.6 Å². The van der Waals surface area contributed by atoms with Gasteiger partial charge in [0, 0.05) is 12.2 Å². The lowest BCUT2D eigenvalue weighted by Gasteiger charge is -2.44. The summed E-state index contributed by atoms with van der Waals surface area (Å²) < 4.78 is 0.161. The highest BCUT2D eigenvalue weighted by Gasteiger charge is 2.42. The molecule has 2 N–H and O–H groups in total. The molecule has 162 valence electrons. The van der Waals surface area contributed by atoms with Gasteiger partial charge in [-0.2, -0.15) is 0 Å². The van der Waals surface area contributed by atoms with E-state index in [0.29, 0.717) is 11.8 Å². The van der Waals surface area contributed by atoms with Crippen LogP contribution in [0.15, 0.2) is 18.2 Å². The molecule has 0 spiro atoms. The minimum absolute atomic E-state index is 0.0537. The molecule has 1 aliphatic carbocycles. The third-order valence-corrected chi connectivity index (χ3v) is 9.94. The van der Waals surface area contributed by atoms with Gasteiger partial charge in [-0.05, 0) is 59.6 Å². The zero-order valence-electron chi connectivity index (χ0n) is 18.6. The highest BCUT2D eigenvalue weighted by molar-refractivity contribution is 8.18. The van der Waals surface area contributed by atoms with Crippen LogP contribution < -0.4 is 10.6 Å². The molecule has 3 rings (SSSR count). The quantitative estimate of drug-likeness (QED) is 0.497. The van der Waals surface area contributed by atoms with E-state index in [1.54, 1.807) is 0 Å². The van der Waals surface area contributed by atoms with Gasteiger partial charge in [-0.15, -0.1) is 23.5 Å². The van der Waals surface area contributed by atoms with Gasteiger partial charge in [0.2, 0.25) is 0 Å². The lowest BCUT2D eigenvalue weighted by Crippen LogP contribution is -2.47. The predicted octanol–water partition coefficient (Wildman–Crippen LogP) is 7.20. The number of benzene rings is 1. The first-order chi connectivity index (χ1) is 13.9. The summed E-state index contributed by atoms with van der Waals surface area (Å²) in [6.07, 6.45) is 7.99. The Hall–Kier alpha value is -0.810. The number of anilines is 1. The van der Waals surface area contributed by atoms with Crippen molar-refractivity contribution in [2.24, 2.45) is 5.92 Å². The topological polar surface area (TPSA) is 41.1 Å². The SMILES string of the molecule is CC(C)c1cccc(C(C)C)c1NC(=O)NCC1(C2CCCCC2)SCCCS1. The molecule has 3 nitrogen and oxygen atoms in total. The number of carbonyl (C=O) groups excluding carboxylic acids is 1. The zero-order chi connectivity index (χ0) is 20.9. The van der Waals surface area contributed by atoms with Crippen LogP contribution in [-0.4, -0.2) is 28.2 Å². The first-order valence-electron chi connectivity index (χ1n) is 11.4. The molecule has 0 unspecified atom stereocenters. The largest absolute Gasteiger partial charge is 0.336 e. The molecule has 0 aromatic heterocycles. The molecule has 2 fully saturated rings. The fourth-order valence-electron chi connectivity index (χ4n) is 4.67. The summed E-state index contributed by atoms with van der Waals surface area (Å²) in [7, 11) is 0. The Bertz CT molecular complexity index is 651. The van der Waals surface area contributed by atoms with Crippen molar-refractivity contribution in [3.63, 3.8) is 0 Å². The average Bonchev–Trinajstić information content (AvgIpc) is 2.73. The van der Waals surface area contributed by atoms with Crippen molar-refractivity contribution in [1.29, 1.82) is 0 Å². The third kappa shape index (κ3) is 5.66. The first kappa shape index (κ1) is 22.9. The van der Waals surface area contributed by atoms with E-state index in [2.05, 4.69) is 80.1 Å². The van der Waals surface area contributed by atoms with Gasteiger partial charge in [-0.25, -0.2) is 4.79 Å². The zero-order valence-corrected chi connectivity index (χ0v) is 20.2. The van der Waals surface area contributed by atoms with E-state index in [1.807, 2.05) is 0 Å². The molecule has 0 bridgehead atoms. The number of rotatable bonds is 6. The van der Waals surface area contributed by atoms with Gasteiger partial charge in [-0.1, -0.05) is 65.2 Å². The molecular formula is C24H38N2OS2. The van der Waals surface area contributed by atoms with Crippen molar-refractivity contribution >= 4 is 35.2 Å². The number of thioether (sulfide) groups is 2. The molecule has 29 heavy (non-hydrogen) atoms. The Labute approximate surface area is 185 Å². The van der Waals surface area contributed by atoms with Crippen molar-refractivity contribution in [3.8, 4) is 0 Å². The Balaban J connectivity index is 1.71. The van der Waals surface area contributed by atoms with Gasteiger partial charge in [0.05, 0.1) is 4.08 Å². The van der Waals surface area contributed by atoms with Gasteiger partial charge in [0.15, 0.2) is 0 Å². The van der Waals surface area contributed by atoms with Crippen molar-refractivity contribution in [1.82, 2.24) is 5.32 Å². The summed E-state index contributed by atoms with van der Waals surface area (Å²) in [6.45, 7) is 9.53. The van der Waals surface area contributed by atoms with Crippen LogP contribution in [0.4, 0.5) is 10.5 Å². The van der Waals surface area contributed by atoms with Crippen molar-refractivity contribution in [2.75, 3.05) is 23.4 Å². The van der Waals surface area contributed by atoms with E-state index < -0.39 is 0 Å². The van der Waals surface area contributed by atoms with Crippen LogP contribution in [0, 0.1) is 5.92 Å². The number of nitrogens with one attached hydrogen (secondary N) is 2. The molecule has 1 aromatic rings. The summed E-state index contributed by atoms with van der Waals surface area (Å²) in [5.74, 6) is 3.92. The van der Waals surface area contributed by atoms with Crippen LogP contribution in [0.5, 0.6) is 0 Å². The second-order valence-electron chi connectivity index (χ2n) is 9.13. The number of urea groups is 1.